The lowest BCUT2D eigenvalue weighted by Crippen LogP contribution is -2.46. The van der Waals surface area contributed by atoms with Crippen LogP contribution in [0.1, 0.15) is 15.9 Å². The van der Waals surface area contributed by atoms with Crippen LogP contribution in [0.4, 0.5) is 15.9 Å². The molecule has 1 amide bonds. The van der Waals surface area contributed by atoms with Crippen molar-refractivity contribution in [2.45, 2.75) is 12.5 Å². The zero-order valence-electron chi connectivity index (χ0n) is 20.1. The van der Waals surface area contributed by atoms with Crippen LogP contribution in [0, 0.1) is 5.95 Å². The number of nitrogens with zero attached hydrogens (tertiary/aromatic N) is 3. The molecule has 35 heavy (non-hydrogen) atoms. The molecular formula is C27H30FN5O2. The molecule has 2 aromatic carbocycles. The van der Waals surface area contributed by atoms with Gasteiger partial charge >= 0.3 is 0 Å². The number of hydrogen-bond acceptors (Lipinski definition) is 6. The molecule has 3 aromatic rings. The summed E-state index contributed by atoms with van der Waals surface area (Å²) >= 11 is 0. The topological polar surface area (TPSA) is 83.7 Å². The first kappa shape index (κ1) is 23.3. The summed E-state index contributed by atoms with van der Waals surface area (Å²) in [5, 5.41) is 3.06. The Morgan fingerprint density at radius 3 is 2.49 bits per heavy atom. The number of nitrogen functional groups attached to an aromatic ring is 1. The Kier molecular flexibility index (Phi) is 6.40. The Balaban J connectivity index is 1.46. The van der Waals surface area contributed by atoms with E-state index in [4.69, 9.17) is 10.5 Å². The molecule has 0 saturated carbocycles. The molecule has 0 aliphatic carbocycles. The molecule has 182 valence electrons. The summed E-state index contributed by atoms with van der Waals surface area (Å²) in [6, 6.07) is 15.2. The van der Waals surface area contributed by atoms with Crippen molar-refractivity contribution in [3.8, 4) is 22.3 Å². The molecule has 0 bridgehead atoms. The number of hydrogen-bond donors (Lipinski definition) is 2. The molecule has 7 nitrogen and oxygen atoms in total. The third kappa shape index (κ3) is 4.85. The highest BCUT2D eigenvalue weighted by Gasteiger charge is 2.25. The Hall–Kier alpha value is -3.49. The second-order valence-corrected chi connectivity index (χ2v) is 9.41. The molecule has 1 unspecified atom stereocenters. The van der Waals surface area contributed by atoms with Crippen molar-refractivity contribution in [3.63, 3.8) is 0 Å². The first-order valence-electron chi connectivity index (χ1n) is 11.9. The smallest absolute Gasteiger partial charge is 0.251 e. The number of amides is 1. The standard InChI is InChI=1S/C27H30FN5O2/c1-32(2)16-20-14-19-13-18(5-8-22(19)27(34)30-20)24-15-23(25(28)31-26(24)29)17-3-6-21(7-4-17)33-9-11-35-12-10-33/h3-8,13,15,20H,9-12,14,16H2,1-2H3,(H2,29,31)(H,30,34). The van der Waals surface area contributed by atoms with Crippen LogP contribution in [0.2, 0.25) is 0 Å². The Labute approximate surface area is 204 Å². The predicted octanol–water partition coefficient (Wildman–Crippen LogP) is 3.19. The lowest BCUT2D eigenvalue weighted by atomic mass is 9.91. The Bertz CT molecular complexity index is 1240. The van der Waals surface area contributed by atoms with Gasteiger partial charge in [-0.05, 0) is 61.5 Å². The van der Waals surface area contributed by atoms with E-state index in [9.17, 15) is 9.18 Å². The molecule has 3 N–H and O–H groups in total. The van der Waals surface area contributed by atoms with E-state index >= 15 is 0 Å². The number of likely N-dealkylation sites (N-methyl/N-ethyl adjacent to an activating group) is 1. The first-order chi connectivity index (χ1) is 16.9. The number of morpholine rings is 1. The summed E-state index contributed by atoms with van der Waals surface area (Å²) in [5.41, 5.74) is 11.5. The fourth-order valence-corrected chi connectivity index (χ4v) is 4.89. The van der Waals surface area contributed by atoms with Gasteiger partial charge in [-0.25, -0.2) is 4.98 Å². The number of pyridine rings is 1. The molecule has 0 radical (unpaired) electrons. The molecule has 1 atom stereocenters. The van der Waals surface area contributed by atoms with Crippen molar-refractivity contribution in [2.75, 3.05) is 57.6 Å². The second kappa shape index (κ2) is 9.64. The lowest BCUT2D eigenvalue weighted by molar-refractivity contribution is 0.0917. The normalized spacial score (nSPS) is 17.9. The van der Waals surface area contributed by atoms with Gasteiger partial charge in [-0.3, -0.25) is 4.79 Å². The number of carbonyl (C=O) groups is 1. The average molecular weight is 476 g/mol. The van der Waals surface area contributed by atoms with Gasteiger partial charge in [-0.15, -0.1) is 0 Å². The van der Waals surface area contributed by atoms with Gasteiger partial charge < -0.3 is 25.6 Å². The molecule has 1 aromatic heterocycles. The Morgan fingerprint density at radius 1 is 1.06 bits per heavy atom. The number of nitrogens with two attached hydrogens (primary N) is 1. The minimum absolute atomic E-state index is 0.0319. The molecule has 1 saturated heterocycles. The zero-order chi connectivity index (χ0) is 24.5. The van der Waals surface area contributed by atoms with Crippen molar-refractivity contribution in [3.05, 3.63) is 65.6 Å². The van der Waals surface area contributed by atoms with Crippen LogP contribution < -0.4 is 16.0 Å². The van der Waals surface area contributed by atoms with E-state index in [1.807, 2.05) is 56.6 Å². The number of ether oxygens (including phenoxy) is 1. The maximum atomic E-state index is 14.9. The number of anilines is 2. The third-order valence-electron chi connectivity index (χ3n) is 6.61. The molecule has 2 aliphatic heterocycles. The second-order valence-electron chi connectivity index (χ2n) is 9.41. The largest absolute Gasteiger partial charge is 0.383 e. The summed E-state index contributed by atoms with van der Waals surface area (Å²) < 4.78 is 20.3. The minimum atomic E-state index is -0.603. The van der Waals surface area contributed by atoms with Crippen LogP contribution in [0.5, 0.6) is 0 Å². The summed E-state index contributed by atoms with van der Waals surface area (Å²) in [5.74, 6) is -0.550. The third-order valence-corrected chi connectivity index (χ3v) is 6.61. The van der Waals surface area contributed by atoms with E-state index in [1.54, 1.807) is 6.07 Å². The van der Waals surface area contributed by atoms with Gasteiger partial charge in [0.1, 0.15) is 5.82 Å². The van der Waals surface area contributed by atoms with E-state index in [2.05, 4.69) is 20.1 Å². The van der Waals surface area contributed by atoms with Gasteiger partial charge in [0.05, 0.1) is 13.2 Å². The van der Waals surface area contributed by atoms with Crippen molar-refractivity contribution in [1.82, 2.24) is 15.2 Å². The highest BCUT2D eigenvalue weighted by molar-refractivity contribution is 5.98. The number of benzene rings is 2. The zero-order valence-corrected chi connectivity index (χ0v) is 20.1. The fourth-order valence-electron chi connectivity index (χ4n) is 4.89. The predicted molar refractivity (Wildman–Crippen MR) is 136 cm³/mol. The monoisotopic (exact) mass is 475 g/mol. The summed E-state index contributed by atoms with van der Waals surface area (Å²) in [6.07, 6.45) is 0.720. The highest BCUT2D eigenvalue weighted by atomic mass is 19.1. The minimum Gasteiger partial charge on any atom is -0.383 e. The van der Waals surface area contributed by atoms with Gasteiger partial charge in [-0.1, -0.05) is 24.3 Å². The number of halogens is 1. The fraction of sp³-hybridized carbons (Fsp3) is 0.333. The SMILES string of the molecule is CN(C)CC1Cc2cc(-c3cc(-c4ccc(N5CCOCC5)cc4)c(F)nc3N)ccc2C(=O)N1. The molecule has 5 rings (SSSR count). The highest BCUT2D eigenvalue weighted by Crippen LogP contribution is 2.34. The molecular weight excluding hydrogens is 445 g/mol. The first-order valence-corrected chi connectivity index (χ1v) is 11.9. The van der Waals surface area contributed by atoms with Gasteiger partial charge in [-0.2, -0.15) is 4.39 Å². The molecule has 2 aliphatic rings. The van der Waals surface area contributed by atoms with E-state index in [-0.39, 0.29) is 17.8 Å². The Morgan fingerprint density at radius 2 is 1.77 bits per heavy atom. The maximum Gasteiger partial charge on any atom is 0.251 e. The van der Waals surface area contributed by atoms with Crippen molar-refractivity contribution in [1.29, 1.82) is 0 Å². The van der Waals surface area contributed by atoms with Gasteiger partial charge in [0.15, 0.2) is 0 Å². The molecule has 3 heterocycles. The van der Waals surface area contributed by atoms with Crippen LogP contribution in [0.3, 0.4) is 0 Å². The summed E-state index contributed by atoms with van der Waals surface area (Å²) in [7, 11) is 3.97. The number of nitrogens with one attached hydrogen (secondary N) is 1. The summed E-state index contributed by atoms with van der Waals surface area (Å²) in [4.78, 5) is 20.9. The van der Waals surface area contributed by atoms with Crippen molar-refractivity contribution < 1.29 is 13.9 Å². The van der Waals surface area contributed by atoms with Crippen LogP contribution in [-0.2, 0) is 11.2 Å². The van der Waals surface area contributed by atoms with Crippen molar-refractivity contribution in [2.24, 2.45) is 0 Å². The summed E-state index contributed by atoms with van der Waals surface area (Å²) in [6.45, 7) is 3.85. The lowest BCUT2D eigenvalue weighted by Gasteiger charge is -2.29. The number of rotatable bonds is 5. The van der Waals surface area contributed by atoms with E-state index < -0.39 is 5.95 Å². The average Bonchev–Trinajstić information content (AvgIpc) is 2.84. The van der Waals surface area contributed by atoms with E-state index in [0.29, 0.717) is 29.9 Å². The van der Waals surface area contributed by atoms with Gasteiger partial charge in [0.2, 0.25) is 5.95 Å². The van der Waals surface area contributed by atoms with Gasteiger partial charge in [0, 0.05) is 48.1 Å². The van der Waals surface area contributed by atoms with Crippen LogP contribution in [-0.4, -0.2) is 68.8 Å². The molecule has 8 heteroatoms. The van der Waals surface area contributed by atoms with E-state index in [1.165, 1.54) is 0 Å². The number of aromatic nitrogens is 1. The molecule has 1 fully saturated rings. The van der Waals surface area contributed by atoms with Crippen LogP contribution >= 0.6 is 0 Å². The van der Waals surface area contributed by atoms with E-state index in [0.717, 1.165) is 48.4 Å². The molecule has 0 spiro atoms. The van der Waals surface area contributed by atoms with Crippen molar-refractivity contribution >= 4 is 17.4 Å². The quantitative estimate of drug-likeness (QED) is 0.552. The number of carbonyl (C=O) groups excluding carboxylic acids is 1. The maximum absolute atomic E-state index is 14.9. The van der Waals surface area contributed by atoms with Crippen LogP contribution in [0.25, 0.3) is 22.3 Å². The number of fused-ring (bicyclic) bond motifs is 1. The van der Waals surface area contributed by atoms with Crippen LogP contribution in [0.15, 0.2) is 48.5 Å². The van der Waals surface area contributed by atoms with Gasteiger partial charge in [0.25, 0.3) is 5.91 Å².